The Bertz CT molecular complexity index is 1840. The number of nitrogens with one attached hydrogen (secondary N) is 1. The Morgan fingerprint density at radius 2 is 1.67 bits per heavy atom. The van der Waals surface area contributed by atoms with E-state index in [0.29, 0.717) is 11.6 Å². The van der Waals surface area contributed by atoms with Gasteiger partial charge in [-0.1, -0.05) is 30.3 Å². The van der Waals surface area contributed by atoms with Crippen LogP contribution < -0.4 is 10.2 Å². The van der Waals surface area contributed by atoms with Crippen LogP contribution in [0.4, 0.5) is 18.9 Å². The van der Waals surface area contributed by atoms with Crippen molar-refractivity contribution in [3.8, 4) is 17.2 Å². The molecule has 0 bridgehead atoms. The van der Waals surface area contributed by atoms with Crippen LogP contribution in [0.5, 0.6) is 11.5 Å². The van der Waals surface area contributed by atoms with Gasteiger partial charge in [-0.3, -0.25) is 14.9 Å². The van der Waals surface area contributed by atoms with Gasteiger partial charge in [-0.2, -0.15) is 18.3 Å². The van der Waals surface area contributed by atoms with Crippen molar-refractivity contribution in [1.29, 1.82) is 0 Å². The third kappa shape index (κ3) is 5.85. The first-order valence-corrected chi connectivity index (χ1v) is 12.7. The molecule has 1 aromatic heterocycles. The average Bonchev–Trinajstić information content (AvgIpc) is 3.24. The molecule has 1 N–H and O–H groups in total. The van der Waals surface area contributed by atoms with Gasteiger partial charge in [-0.25, -0.2) is 5.43 Å². The quantitative estimate of drug-likeness (QED) is 0.123. The lowest BCUT2D eigenvalue weighted by atomic mass is 10.1. The molecular weight excluding hydrogens is 549 g/mol. The van der Waals surface area contributed by atoms with Crippen molar-refractivity contribution in [3.63, 3.8) is 0 Å². The summed E-state index contributed by atoms with van der Waals surface area (Å²) in [7, 11) is 0. The Morgan fingerprint density at radius 1 is 0.952 bits per heavy atom. The fourth-order valence-corrected chi connectivity index (χ4v) is 4.58. The summed E-state index contributed by atoms with van der Waals surface area (Å²) in [6.07, 6.45) is -3.16. The van der Waals surface area contributed by atoms with Gasteiger partial charge in [0, 0.05) is 34.3 Å². The van der Waals surface area contributed by atoms with Crippen molar-refractivity contribution >= 4 is 28.6 Å². The number of rotatable bonds is 7. The SMILES string of the molecule is Cc1cc(/C=N\NC(=O)c2ccc3ccccc3c2)c(C)n1-c1ccc(Oc2ccc(C(F)(F)F)cc2[N+](=O)[O-])cc1. The Hall–Kier alpha value is -5.45. The number of aromatic nitrogens is 1. The van der Waals surface area contributed by atoms with E-state index in [4.69, 9.17) is 4.74 Å². The molecule has 0 atom stereocenters. The van der Waals surface area contributed by atoms with Crippen molar-refractivity contribution in [3.05, 3.63) is 129 Å². The summed E-state index contributed by atoms with van der Waals surface area (Å²) >= 11 is 0. The molecule has 0 fully saturated rings. The second-order valence-corrected chi connectivity index (χ2v) is 9.46. The number of hydrogen-bond acceptors (Lipinski definition) is 5. The Labute approximate surface area is 237 Å². The summed E-state index contributed by atoms with van der Waals surface area (Å²) in [5, 5.41) is 17.5. The van der Waals surface area contributed by atoms with E-state index < -0.39 is 22.4 Å². The second-order valence-electron chi connectivity index (χ2n) is 9.46. The van der Waals surface area contributed by atoms with Crippen LogP contribution in [-0.4, -0.2) is 21.6 Å². The summed E-state index contributed by atoms with van der Waals surface area (Å²) in [5.74, 6) is -0.435. The van der Waals surface area contributed by atoms with Gasteiger partial charge in [0.15, 0.2) is 0 Å². The standard InChI is InChI=1S/C31H23F3N4O4/c1-19-15-24(18-35-36-30(39)23-8-7-21-5-3-4-6-22(21)16-23)20(2)37(19)26-10-12-27(13-11-26)42-29-14-9-25(31(32,33)34)17-28(29)38(40)41/h3-18H,1-2H3,(H,36,39)/b35-18-. The Kier molecular flexibility index (Phi) is 7.49. The minimum absolute atomic E-state index is 0.210. The number of ether oxygens (including phenoxy) is 1. The van der Waals surface area contributed by atoms with Crippen LogP contribution in [0.2, 0.25) is 0 Å². The first-order valence-electron chi connectivity index (χ1n) is 12.7. The van der Waals surface area contributed by atoms with Crippen LogP contribution in [0.15, 0.2) is 96.1 Å². The zero-order chi connectivity index (χ0) is 30.0. The van der Waals surface area contributed by atoms with Crippen LogP contribution in [0.1, 0.15) is 32.9 Å². The van der Waals surface area contributed by atoms with E-state index in [0.717, 1.165) is 45.5 Å². The number of nitrogens with zero attached hydrogens (tertiary/aromatic N) is 3. The van der Waals surface area contributed by atoms with Gasteiger partial charge in [0.1, 0.15) is 5.75 Å². The number of hydrogen-bond donors (Lipinski definition) is 1. The molecule has 0 aliphatic carbocycles. The molecule has 0 saturated heterocycles. The summed E-state index contributed by atoms with van der Waals surface area (Å²) < 4.78 is 46.5. The van der Waals surface area contributed by atoms with Crippen LogP contribution in [-0.2, 0) is 6.18 Å². The number of benzene rings is 4. The third-order valence-electron chi connectivity index (χ3n) is 6.66. The van der Waals surface area contributed by atoms with Crippen molar-refractivity contribution in [1.82, 2.24) is 9.99 Å². The van der Waals surface area contributed by atoms with Crippen LogP contribution in [0, 0.1) is 24.0 Å². The van der Waals surface area contributed by atoms with Crippen molar-refractivity contribution in [2.45, 2.75) is 20.0 Å². The van der Waals surface area contributed by atoms with E-state index >= 15 is 0 Å². The van der Waals surface area contributed by atoms with Gasteiger partial charge >= 0.3 is 11.9 Å². The minimum Gasteiger partial charge on any atom is -0.450 e. The van der Waals surface area contributed by atoms with Gasteiger partial charge in [-0.05, 0) is 79.2 Å². The number of amides is 1. The smallest absolute Gasteiger partial charge is 0.416 e. The molecule has 5 aromatic rings. The maximum atomic E-state index is 13.0. The van der Waals surface area contributed by atoms with Crippen LogP contribution in [0.3, 0.4) is 0 Å². The lowest BCUT2D eigenvalue weighted by Crippen LogP contribution is -2.17. The van der Waals surface area contributed by atoms with Gasteiger partial charge < -0.3 is 9.30 Å². The largest absolute Gasteiger partial charge is 0.450 e. The molecular formula is C31H23F3N4O4. The third-order valence-corrected chi connectivity index (χ3v) is 6.66. The molecule has 42 heavy (non-hydrogen) atoms. The number of nitro groups is 1. The summed E-state index contributed by atoms with van der Waals surface area (Å²) in [6.45, 7) is 3.78. The molecule has 212 valence electrons. The Morgan fingerprint density at radius 3 is 2.36 bits per heavy atom. The highest BCUT2D eigenvalue weighted by Crippen LogP contribution is 2.38. The van der Waals surface area contributed by atoms with Crippen molar-refractivity contribution in [2.75, 3.05) is 0 Å². The highest BCUT2D eigenvalue weighted by Gasteiger charge is 2.33. The van der Waals surface area contributed by atoms with E-state index in [1.807, 2.05) is 54.8 Å². The summed E-state index contributed by atoms with van der Waals surface area (Å²) in [4.78, 5) is 23.1. The monoisotopic (exact) mass is 572 g/mol. The van der Waals surface area contributed by atoms with E-state index in [-0.39, 0.29) is 17.4 Å². The predicted octanol–water partition coefficient (Wildman–Crippen LogP) is 7.73. The first-order chi connectivity index (χ1) is 20.0. The fraction of sp³-hybridized carbons (Fsp3) is 0.0968. The number of halogens is 3. The Balaban J connectivity index is 1.30. The second kappa shape index (κ2) is 11.2. The van der Waals surface area contributed by atoms with E-state index in [1.54, 1.807) is 42.6 Å². The highest BCUT2D eigenvalue weighted by atomic mass is 19.4. The molecule has 0 unspecified atom stereocenters. The maximum Gasteiger partial charge on any atom is 0.416 e. The molecule has 0 aliphatic rings. The minimum atomic E-state index is -4.72. The number of fused-ring (bicyclic) bond motifs is 1. The zero-order valence-corrected chi connectivity index (χ0v) is 22.3. The highest BCUT2D eigenvalue weighted by molar-refractivity contribution is 5.99. The number of carbonyl (C=O) groups excluding carboxylic acids is 1. The summed E-state index contributed by atoms with van der Waals surface area (Å²) in [6, 6.07) is 23.7. The average molecular weight is 573 g/mol. The molecule has 5 rings (SSSR count). The lowest BCUT2D eigenvalue weighted by molar-refractivity contribution is -0.385. The van der Waals surface area contributed by atoms with Gasteiger partial charge in [0.05, 0.1) is 16.7 Å². The molecule has 1 amide bonds. The van der Waals surface area contributed by atoms with Gasteiger partial charge in [0.2, 0.25) is 5.75 Å². The molecule has 0 saturated carbocycles. The number of nitro benzene ring substituents is 1. The van der Waals surface area contributed by atoms with Gasteiger partial charge in [-0.15, -0.1) is 0 Å². The molecule has 0 aliphatic heterocycles. The summed E-state index contributed by atoms with van der Waals surface area (Å²) in [5.41, 5.74) is 4.35. The van der Waals surface area contributed by atoms with Crippen molar-refractivity contribution in [2.24, 2.45) is 5.10 Å². The van der Waals surface area contributed by atoms with E-state index in [2.05, 4.69) is 10.5 Å². The number of carbonyl (C=O) groups is 1. The molecule has 4 aromatic carbocycles. The normalized spacial score (nSPS) is 11.6. The predicted molar refractivity (Wildman–Crippen MR) is 152 cm³/mol. The molecule has 0 radical (unpaired) electrons. The van der Waals surface area contributed by atoms with Gasteiger partial charge in [0.25, 0.3) is 5.91 Å². The number of hydrazone groups is 1. The van der Waals surface area contributed by atoms with E-state index in [1.165, 1.54) is 0 Å². The number of alkyl halides is 3. The maximum absolute atomic E-state index is 13.0. The molecule has 1 heterocycles. The lowest BCUT2D eigenvalue weighted by Gasteiger charge is -2.12. The topological polar surface area (TPSA) is 98.8 Å². The van der Waals surface area contributed by atoms with E-state index in [9.17, 15) is 28.1 Å². The van der Waals surface area contributed by atoms with Crippen LogP contribution >= 0.6 is 0 Å². The first kappa shape index (κ1) is 28.1. The molecule has 8 nitrogen and oxygen atoms in total. The number of aryl methyl sites for hydroxylation is 1. The fourth-order valence-electron chi connectivity index (χ4n) is 4.58. The molecule has 11 heteroatoms. The molecule has 0 spiro atoms. The van der Waals surface area contributed by atoms with Crippen molar-refractivity contribution < 1.29 is 27.6 Å². The van der Waals surface area contributed by atoms with Crippen LogP contribution in [0.25, 0.3) is 16.5 Å². The zero-order valence-electron chi connectivity index (χ0n) is 22.3.